The minimum Gasteiger partial charge on any atom is -0.467 e. The molecule has 0 spiro atoms. The van der Waals surface area contributed by atoms with E-state index in [-0.39, 0.29) is 25.9 Å². The second-order valence-corrected chi connectivity index (χ2v) is 21.2. The third-order valence-corrected chi connectivity index (χ3v) is 17.6. The summed E-state index contributed by atoms with van der Waals surface area (Å²) in [5.74, 6) is 1.01. The van der Waals surface area contributed by atoms with Crippen LogP contribution in [0.5, 0.6) is 11.5 Å². The summed E-state index contributed by atoms with van der Waals surface area (Å²) in [6, 6.07) is 57.2. The molecule has 0 amide bonds. The molecule has 0 unspecified atom stereocenters. The largest absolute Gasteiger partial charge is 0.467 e. The van der Waals surface area contributed by atoms with Crippen molar-refractivity contribution >= 4 is 63.3 Å². The van der Waals surface area contributed by atoms with Crippen molar-refractivity contribution in [3.63, 3.8) is 0 Å². The van der Waals surface area contributed by atoms with E-state index in [1.807, 2.05) is 133 Å². The highest BCUT2D eigenvalue weighted by atomic mass is 31.2. The highest BCUT2D eigenvalue weighted by Crippen LogP contribution is 2.56. The van der Waals surface area contributed by atoms with Gasteiger partial charge in [0.2, 0.25) is 0 Å². The first kappa shape index (κ1) is 43.6. The Hall–Kier alpha value is -6.07. The molecule has 0 bridgehead atoms. The minimum absolute atomic E-state index is 0.0801. The van der Waals surface area contributed by atoms with Gasteiger partial charge in [-0.1, -0.05) is 164 Å². The molecule has 0 heterocycles. The predicted octanol–water partition coefficient (Wildman–Crippen LogP) is 11.2. The van der Waals surface area contributed by atoms with Crippen molar-refractivity contribution in [2.75, 3.05) is 27.8 Å². The van der Waals surface area contributed by atoms with Gasteiger partial charge in [0, 0.05) is 76.4 Å². The number of ether oxygens (including phenoxy) is 4. The minimum atomic E-state index is -3.36. The zero-order chi connectivity index (χ0) is 43.7. The second kappa shape index (κ2) is 20.0. The van der Waals surface area contributed by atoms with Crippen LogP contribution < -0.4 is 30.7 Å². The maximum atomic E-state index is 15.9. The maximum absolute atomic E-state index is 15.9. The summed E-state index contributed by atoms with van der Waals surface area (Å²) in [5, 5.41) is 6.51. The lowest BCUT2D eigenvalue weighted by Crippen LogP contribution is -2.18. The fourth-order valence-electron chi connectivity index (χ4n) is 8.54. The molecule has 8 rings (SSSR count). The predicted molar refractivity (Wildman–Crippen MR) is 258 cm³/mol. The van der Waals surface area contributed by atoms with E-state index in [2.05, 4.69) is 42.5 Å². The number of hydrogen-bond donors (Lipinski definition) is 0. The van der Waals surface area contributed by atoms with Gasteiger partial charge in [0.25, 0.3) is 0 Å². The summed E-state index contributed by atoms with van der Waals surface area (Å²) in [6.07, 6.45) is 3.14. The van der Waals surface area contributed by atoms with Crippen LogP contribution in [-0.2, 0) is 42.1 Å². The van der Waals surface area contributed by atoms with E-state index in [0.29, 0.717) is 30.8 Å². The fourth-order valence-corrected chi connectivity index (χ4v) is 13.9. The van der Waals surface area contributed by atoms with Crippen molar-refractivity contribution in [2.45, 2.75) is 31.6 Å². The number of rotatable bonds is 19. The molecule has 0 aliphatic heterocycles. The van der Waals surface area contributed by atoms with Gasteiger partial charge in [-0.05, 0) is 52.1 Å². The van der Waals surface area contributed by atoms with E-state index < -0.39 is 14.3 Å². The van der Waals surface area contributed by atoms with Gasteiger partial charge in [0.15, 0.2) is 13.6 Å². The molecule has 0 atom stereocenters. The summed E-state index contributed by atoms with van der Waals surface area (Å²) in [7, 11) is -3.53. The molecule has 0 aliphatic carbocycles. The Morgan fingerprint density at radius 2 is 0.889 bits per heavy atom. The first-order valence-corrected chi connectivity index (χ1v) is 24.9. The molecule has 8 aromatic rings. The van der Waals surface area contributed by atoms with Crippen LogP contribution in [0.25, 0.3) is 32.7 Å². The lowest BCUT2D eigenvalue weighted by Gasteiger charge is -2.27. The van der Waals surface area contributed by atoms with E-state index >= 15 is 9.13 Å². The molecule has 0 saturated heterocycles. The number of unbranched alkanes of at least 4 members (excludes halogenated alkanes) is 1. The number of benzene rings is 8. The van der Waals surface area contributed by atoms with Crippen molar-refractivity contribution in [3.8, 4) is 22.6 Å². The third-order valence-electron chi connectivity index (χ3n) is 11.5. The smallest absolute Gasteiger partial charge is 0.188 e. The molecule has 0 N–H and O–H groups in total. The van der Waals surface area contributed by atoms with Crippen LogP contribution in [0.2, 0.25) is 0 Å². The first-order valence-electron chi connectivity index (χ1n) is 21.1. The molecule has 0 radical (unpaired) electrons. The summed E-state index contributed by atoms with van der Waals surface area (Å²) in [4.78, 5) is 11.3. The lowest BCUT2D eigenvalue weighted by atomic mass is 9.88. The number of aldehydes is 1. The summed E-state index contributed by atoms with van der Waals surface area (Å²) in [6.45, 7) is -0.164. The van der Waals surface area contributed by atoms with E-state index in [1.54, 1.807) is 14.2 Å². The number of carbonyl (C=O) groups excluding carboxylic acids is 1. The van der Waals surface area contributed by atoms with Gasteiger partial charge < -0.3 is 32.9 Å². The van der Waals surface area contributed by atoms with Crippen LogP contribution in [0.3, 0.4) is 0 Å². The topological polar surface area (TPSA) is 88.1 Å². The number of methoxy groups -OCH3 is 2. The maximum Gasteiger partial charge on any atom is 0.188 e. The SMILES string of the molecule is COCOc1c(CP(=O)(c2ccccc2)c2ccccc2)cc2ccccc2c1-c1c(OCOC)c(CP(=O)(c2ccccc2)c2ccccc2)cc2cc(CCCC=O)ccc12. The highest BCUT2D eigenvalue weighted by molar-refractivity contribution is 7.78. The second-order valence-electron chi connectivity index (χ2n) is 15.6. The van der Waals surface area contributed by atoms with Gasteiger partial charge in [-0.15, -0.1) is 0 Å². The highest BCUT2D eigenvalue weighted by Gasteiger charge is 2.34. The average Bonchev–Trinajstić information content (AvgIpc) is 3.33. The van der Waals surface area contributed by atoms with Gasteiger partial charge in [0.05, 0.1) is 0 Å². The summed E-state index contributed by atoms with van der Waals surface area (Å²) < 4.78 is 56.6. The van der Waals surface area contributed by atoms with Crippen LogP contribution in [0.4, 0.5) is 0 Å². The van der Waals surface area contributed by atoms with Gasteiger partial charge in [-0.25, -0.2) is 0 Å². The summed E-state index contributed by atoms with van der Waals surface area (Å²) >= 11 is 0. The third kappa shape index (κ3) is 9.21. The molecular formula is C54H50O7P2. The van der Waals surface area contributed by atoms with Crippen LogP contribution >= 0.6 is 14.3 Å². The first-order chi connectivity index (χ1) is 30.9. The molecule has 0 aliphatic rings. The number of carbonyl (C=O) groups is 1. The molecule has 7 nitrogen and oxygen atoms in total. The molecular weight excluding hydrogens is 823 g/mol. The van der Waals surface area contributed by atoms with Crippen LogP contribution in [-0.4, -0.2) is 34.1 Å². The normalized spacial score (nSPS) is 11.8. The Kier molecular flexibility index (Phi) is 13.8. The molecule has 0 fully saturated rings. The zero-order valence-electron chi connectivity index (χ0n) is 35.5. The van der Waals surface area contributed by atoms with Crippen LogP contribution in [0.1, 0.15) is 29.5 Å². The monoisotopic (exact) mass is 872 g/mol. The number of aryl methyl sites for hydroxylation is 1. The fraction of sp³-hybridized carbons (Fsp3) is 0.167. The molecule has 0 aromatic heterocycles. The Balaban J connectivity index is 1.47. The quantitative estimate of drug-likeness (QED) is 0.0346. The standard InChI is InChI=1S/C54H50O7P2/c1-58-38-60-53-43(36-62(56,45-21-7-3-8-22-45)46-23-9-4-10-24-46)34-41-20-15-16-29-49(41)51(53)52-50-31-30-40(19-17-18-32-55)33-42(50)35-44(54(52)61-39-59-2)37-63(57,47-25-11-5-12-26-47)48-27-13-6-14-28-48/h3-16,20-35H,17-19,36-39H2,1-2H3. The molecule has 0 saturated carbocycles. The Morgan fingerprint density at radius 3 is 1.33 bits per heavy atom. The van der Waals surface area contributed by atoms with Crippen molar-refractivity contribution in [2.24, 2.45) is 0 Å². The van der Waals surface area contributed by atoms with E-state index in [9.17, 15) is 4.79 Å². The average molecular weight is 873 g/mol. The lowest BCUT2D eigenvalue weighted by molar-refractivity contribution is -0.107. The number of hydrogen-bond acceptors (Lipinski definition) is 7. The van der Waals surface area contributed by atoms with Crippen LogP contribution in [0.15, 0.2) is 176 Å². The van der Waals surface area contributed by atoms with Gasteiger partial charge >= 0.3 is 0 Å². The van der Waals surface area contributed by atoms with Crippen LogP contribution in [0, 0.1) is 0 Å². The van der Waals surface area contributed by atoms with E-state index in [4.69, 9.17) is 18.9 Å². The van der Waals surface area contributed by atoms with Gasteiger partial charge in [-0.2, -0.15) is 0 Å². The van der Waals surface area contributed by atoms with Gasteiger partial charge in [-0.3, -0.25) is 0 Å². The van der Waals surface area contributed by atoms with Crippen molar-refractivity contribution < 1.29 is 32.9 Å². The van der Waals surface area contributed by atoms with Crippen molar-refractivity contribution in [1.82, 2.24) is 0 Å². The molecule has 8 aromatic carbocycles. The summed E-state index contributed by atoms with van der Waals surface area (Å²) in [5.41, 5.74) is 3.99. The Labute approximate surface area is 369 Å². The Bertz CT molecular complexity index is 2830. The van der Waals surface area contributed by atoms with Crippen molar-refractivity contribution in [3.05, 3.63) is 193 Å². The van der Waals surface area contributed by atoms with Gasteiger partial charge in [0.1, 0.15) is 32.1 Å². The molecule has 63 heavy (non-hydrogen) atoms. The zero-order valence-corrected chi connectivity index (χ0v) is 37.3. The molecule has 318 valence electrons. The Morgan fingerprint density at radius 1 is 0.476 bits per heavy atom. The van der Waals surface area contributed by atoms with E-state index in [0.717, 1.165) is 76.9 Å². The number of fused-ring (bicyclic) bond motifs is 2. The van der Waals surface area contributed by atoms with E-state index in [1.165, 1.54) is 0 Å². The molecule has 9 heteroatoms. The van der Waals surface area contributed by atoms with Crippen molar-refractivity contribution in [1.29, 1.82) is 0 Å².